The number of alkyl halides is 3. The van der Waals surface area contributed by atoms with Crippen molar-refractivity contribution in [3.05, 3.63) is 98.4 Å². The number of halogens is 5. The Bertz CT molecular complexity index is 1430. The lowest BCUT2D eigenvalue weighted by molar-refractivity contribution is -0.137. The average molecular weight is 581 g/mol. The van der Waals surface area contributed by atoms with E-state index in [0.717, 1.165) is 28.7 Å². The highest BCUT2D eigenvalue weighted by molar-refractivity contribution is 8.18. The lowest BCUT2D eigenvalue weighted by Crippen LogP contribution is -2.36. The molecule has 6 nitrogen and oxygen atoms in total. The van der Waals surface area contributed by atoms with Gasteiger partial charge in [0, 0.05) is 21.3 Å². The second-order valence-corrected chi connectivity index (χ2v) is 9.82. The first-order chi connectivity index (χ1) is 18.0. The second kappa shape index (κ2) is 11.5. The van der Waals surface area contributed by atoms with Crippen LogP contribution in [-0.4, -0.2) is 28.5 Å². The zero-order chi connectivity index (χ0) is 27.4. The molecule has 1 N–H and O–H groups in total. The van der Waals surface area contributed by atoms with E-state index in [1.807, 2.05) is 0 Å². The number of rotatable bonds is 7. The van der Waals surface area contributed by atoms with Gasteiger partial charge in [0.05, 0.1) is 10.5 Å². The van der Waals surface area contributed by atoms with Crippen LogP contribution in [0.3, 0.4) is 0 Å². The van der Waals surface area contributed by atoms with Crippen molar-refractivity contribution in [2.24, 2.45) is 0 Å². The molecule has 0 saturated carbocycles. The third-order valence-electron chi connectivity index (χ3n) is 5.24. The van der Waals surface area contributed by atoms with Crippen LogP contribution in [0.15, 0.2) is 71.6 Å². The molecule has 0 aromatic heterocycles. The Morgan fingerprint density at radius 2 is 1.76 bits per heavy atom. The fourth-order valence-corrected chi connectivity index (χ4v) is 4.67. The van der Waals surface area contributed by atoms with Gasteiger partial charge in [0.25, 0.3) is 11.1 Å². The molecular weight excluding hydrogens is 564 g/mol. The number of hydrogen-bond donors (Lipinski definition) is 1. The maximum absolute atomic E-state index is 12.9. The van der Waals surface area contributed by atoms with Crippen LogP contribution >= 0.6 is 35.0 Å². The number of nitrogens with one attached hydrogen (secondary N) is 1. The number of imide groups is 1. The first-order valence-corrected chi connectivity index (χ1v) is 12.5. The summed E-state index contributed by atoms with van der Waals surface area (Å²) in [5.41, 5.74) is 0.328. The third-order valence-corrected chi connectivity index (χ3v) is 6.73. The predicted molar refractivity (Wildman–Crippen MR) is 140 cm³/mol. The maximum atomic E-state index is 12.9. The quantitative estimate of drug-likeness (QED) is 0.297. The highest BCUT2D eigenvalue weighted by Gasteiger charge is 2.36. The van der Waals surface area contributed by atoms with E-state index in [9.17, 15) is 27.6 Å². The minimum absolute atomic E-state index is 0.100. The Morgan fingerprint density at radius 1 is 1.03 bits per heavy atom. The molecule has 196 valence electrons. The van der Waals surface area contributed by atoms with E-state index in [4.69, 9.17) is 27.9 Å². The third kappa shape index (κ3) is 6.89. The Kier molecular flexibility index (Phi) is 8.35. The van der Waals surface area contributed by atoms with Gasteiger partial charge in [0.1, 0.15) is 18.9 Å². The summed E-state index contributed by atoms with van der Waals surface area (Å²) >= 11 is 12.7. The van der Waals surface area contributed by atoms with Gasteiger partial charge >= 0.3 is 6.18 Å². The van der Waals surface area contributed by atoms with Gasteiger partial charge in [-0.2, -0.15) is 13.2 Å². The largest absolute Gasteiger partial charge is 0.489 e. The van der Waals surface area contributed by atoms with Gasteiger partial charge in [-0.3, -0.25) is 19.3 Å². The molecule has 4 rings (SSSR count). The zero-order valence-corrected chi connectivity index (χ0v) is 21.5. The highest BCUT2D eigenvalue weighted by atomic mass is 35.5. The number of thioether (sulfide) groups is 1. The molecule has 1 saturated heterocycles. The molecule has 38 heavy (non-hydrogen) atoms. The summed E-state index contributed by atoms with van der Waals surface area (Å²) < 4.78 is 44.4. The smallest absolute Gasteiger partial charge is 0.416 e. The molecular formula is C26H17Cl2F3N2O4S. The van der Waals surface area contributed by atoms with E-state index < -0.39 is 35.3 Å². The number of nitrogens with zero attached hydrogens (tertiary/aromatic N) is 1. The van der Waals surface area contributed by atoms with Gasteiger partial charge in [-0.25, -0.2) is 0 Å². The van der Waals surface area contributed by atoms with Crippen LogP contribution in [0.5, 0.6) is 5.75 Å². The fourth-order valence-electron chi connectivity index (χ4n) is 3.37. The van der Waals surface area contributed by atoms with Gasteiger partial charge in [-0.1, -0.05) is 47.5 Å². The minimum atomic E-state index is -4.58. The Hall–Kier alpha value is -3.47. The highest BCUT2D eigenvalue weighted by Crippen LogP contribution is 2.33. The zero-order valence-electron chi connectivity index (χ0n) is 19.2. The Balaban J connectivity index is 1.36. The Morgan fingerprint density at radius 3 is 2.45 bits per heavy atom. The van der Waals surface area contributed by atoms with Gasteiger partial charge in [0.15, 0.2) is 0 Å². The van der Waals surface area contributed by atoms with Crippen LogP contribution in [0, 0.1) is 0 Å². The molecule has 3 aromatic carbocycles. The Labute approximate surface area is 229 Å². The second-order valence-electron chi connectivity index (χ2n) is 7.99. The van der Waals surface area contributed by atoms with Crippen molar-refractivity contribution in [2.75, 3.05) is 11.9 Å². The summed E-state index contributed by atoms with van der Waals surface area (Å²) in [6.07, 6.45) is -3.08. The van der Waals surface area contributed by atoms with E-state index in [1.165, 1.54) is 12.1 Å². The summed E-state index contributed by atoms with van der Waals surface area (Å²) in [5, 5.41) is 2.61. The number of hydrogen-bond acceptors (Lipinski definition) is 5. The van der Waals surface area contributed by atoms with Crippen LogP contribution < -0.4 is 10.1 Å². The van der Waals surface area contributed by atoms with Crippen LogP contribution in [0.2, 0.25) is 10.0 Å². The average Bonchev–Trinajstić information content (AvgIpc) is 3.11. The standard InChI is InChI=1S/C26H17Cl2F3N2O4S/c27-18-7-6-16(21(28)12-18)14-37-20-8-4-15(5-9-20)10-22-24(35)33(25(36)38-22)13-23(34)32-19-3-1-2-17(11-19)26(29,30)31/h1-12H,13-14H2,(H,32,34)/b22-10-. The molecule has 0 spiro atoms. The van der Waals surface area contributed by atoms with Gasteiger partial charge < -0.3 is 10.1 Å². The van der Waals surface area contributed by atoms with E-state index in [2.05, 4.69) is 5.32 Å². The monoisotopic (exact) mass is 580 g/mol. The molecule has 0 aliphatic carbocycles. The van der Waals surface area contributed by atoms with E-state index in [-0.39, 0.29) is 17.2 Å². The topological polar surface area (TPSA) is 75.7 Å². The summed E-state index contributed by atoms with van der Waals surface area (Å²) in [6, 6.07) is 15.9. The molecule has 0 bridgehead atoms. The van der Waals surface area contributed by atoms with Crippen LogP contribution in [-0.2, 0) is 22.4 Å². The van der Waals surface area contributed by atoms with Gasteiger partial charge in [-0.05, 0) is 65.9 Å². The van der Waals surface area contributed by atoms with Gasteiger partial charge in [0.2, 0.25) is 5.91 Å². The number of carbonyl (C=O) groups excluding carboxylic acids is 3. The summed E-state index contributed by atoms with van der Waals surface area (Å²) in [6.45, 7) is -0.422. The van der Waals surface area contributed by atoms with E-state index >= 15 is 0 Å². The number of benzene rings is 3. The fraction of sp³-hybridized carbons (Fsp3) is 0.115. The van der Waals surface area contributed by atoms with Crippen LogP contribution in [0.4, 0.5) is 23.7 Å². The van der Waals surface area contributed by atoms with Crippen LogP contribution in [0.25, 0.3) is 6.08 Å². The lowest BCUT2D eigenvalue weighted by Gasteiger charge is -2.13. The first-order valence-electron chi connectivity index (χ1n) is 10.9. The van der Waals surface area contributed by atoms with E-state index in [1.54, 1.807) is 42.5 Å². The molecule has 3 aromatic rings. The number of carbonyl (C=O) groups is 3. The molecule has 1 fully saturated rings. The molecule has 0 atom stereocenters. The lowest BCUT2D eigenvalue weighted by atomic mass is 10.2. The number of ether oxygens (including phenoxy) is 1. The molecule has 1 aliphatic rings. The molecule has 12 heteroatoms. The van der Waals surface area contributed by atoms with Crippen LogP contribution in [0.1, 0.15) is 16.7 Å². The van der Waals surface area contributed by atoms with Crippen molar-refractivity contribution in [1.29, 1.82) is 0 Å². The predicted octanol–water partition coefficient (Wildman–Crippen LogP) is 7.27. The molecule has 1 heterocycles. The van der Waals surface area contributed by atoms with Crippen molar-refractivity contribution < 1.29 is 32.3 Å². The summed E-state index contributed by atoms with van der Waals surface area (Å²) in [7, 11) is 0. The molecule has 0 radical (unpaired) electrons. The summed E-state index contributed by atoms with van der Waals surface area (Å²) in [5.74, 6) is -0.945. The van der Waals surface area contributed by atoms with Crippen molar-refractivity contribution in [3.63, 3.8) is 0 Å². The number of anilines is 1. The maximum Gasteiger partial charge on any atom is 0.416 e. The minimum Gasteiger partial charge on any atom is -0.489 e. The normalized spacial score (nSPS) is 14.8. The van der Waals surface area contributed by atoms with Crippen molar-refractivity contribution in [1.82, 2.24) is 4.90 Å². The van der Waals surface area contributed by atoms with Crippen molar-refractivity contribution in [3.8, 4) is 5.75 Å². The van der Waals surface area contributed by atoms with Crippen molar-refractivity contribution >= 4 is 63.8 Å². The molecule has 3 amide bonds. The molecule has 0 unspecified atom stereocenters. The SMILES string of the molecule is O=C(CN1C(=O)S/C(=C\c2ccc(OCc3ccc(Cl)cc3Cl)cc2)C1=O)Nc1cccc(C(F)(F)F)c1. The number of amides is 3. The summed E-state index contributed by atoms with van der Waals surface area (Å²) in [4.78, 5) is 38.2. The molecule has 1 aliphatic heterocycles. The van der Waals surface area contributed by atoms with Gasteiger partial charge in [-0.15, -0.1) is 0 Å². The van der Waals surface area contributed by atoms with Crippen molar-refractivity contribution in [2.45, 2.75) is 12.8 Å². The first kappa shape index (κ1) is 27.6. The van der Waals surface area contributed by atoms with E-state index in [0.29, 0.717) is 33.1 Å².